The van der Waals surface area contributed by atoms with Crippen molar-refractivity contribution in [1.82, 2.24) is 4.90 Å². The zero-order valence-electron chi connectivity index (χ0n) is 22.9. The second kappa shape index (κ2) is 9.94. The lowest BCUT2D eigenvalue weighted by Gasteiger charge is -2.46. The quantitative estimate of drug-likeness (QED) is 0.263. The summed E-state index contributed by atoms with van der Waals surface area (Å²) in [6.45, 7) is 17.0. The molecule has 6 nitrogen and oxygen atoms in total. The number of benzene rings is 1. The van der Waals surface area contributed by atoms with Crippen LogP contribution in [0.1, 0.15) is 116 Å². The molecule has 194 valence electrons. The van der Waals surface area contributed by atoms with Gasteiger partial charge in [-0.25, -0.2) is 4.79 Å². The zero-order valence-corrected chi connectivity index (χ0v) is 22.9. The van der Waals surface area contributed by atoms with Gasteiger partial charge in [-0.05, 0) is 74.0 Å². The highest BCUT2D eigenvalue weighted by Crippen LogP contribution is 2.48. The lowest BCUT2D eigenvalue weighted by molar-refractivity contribution is -0.573. The summed E-state index contributed by atoms with van der Waals surface area (Å²) < 4.78 is 6.27. The van der Waals surface area contributed by atoms with Crippen LogP contribution in [0.15, 0.2) is 24.3 Å². The molecule has 1 heterocycles. The zero-order chi connectivity index (χ0) is 26.2. The van der Waals surface area contributed by atoms with Crippen molar-refractivity contribution in [1.29, 1.82) is 0 Å². The first kappa shape index (κ1) is 27.2. The van der Waals surface area contributed by atoms with Gasteiger partial charge in [-0.2, -0.15) is 4.74 Å². The topological polar surface area (TPSA) is 72.7 Å². The minimum atomic E-state index is -0.837. The third-order valence-electron chi connectivity index (χ3n) is 7.69. The maximum Gasteiger partial charge on any atom is 0.338 e. The van der Waals surface area contributed by atoms with Crippen LogP contribution < -0.4 is 0 Å². The molecule has 0 saturated heterocycles. The third kappa shape index (κ3) is 6.07. The molecule has 1 spiro atoms. The van der Waals surface area contributed by atoms with Gasteiger partial charge in [-0.3, -0.25) is 9.69 Å². The lowest BCUT2D eigenvalue weighted by atomic mass is 9.69. The van der Waals surface area contributed by atoms with Gasteiger partial charge in [0, 0.05) is 12.8 Å². The summed E-state index contributed by atoms with van der Waals surface area (Å²) >= 11 is 0. The highest BCUT2D eigenvalue weighted by molar-refractivity contribution is 6.25. The van der Waals surface area contributed by atoms with E-state index >= 15 is 0 Å². The second-order valence-electron chi connectivity index (χ2n) is 13.0. The molecule has 1 fully saturated rings. The summed E-state index contributed by atoms with van der Waals surface area (Å²) in [5, 5.41) is 13.2. The Kier molecular flexibility index (Phi) is 7.73. The van der Waals surface area contributed by atoms with Gasteiger partial charge < -0.3 is 9.94 Å². The van der Waals surface area contributed by atoms with Crippen LogP contribution in [0.4, 0.5) is 0 Å². The largest absolute Gasteiger partial charge is 0.622 e. The minimum Gasteiger partial charge on any atom is -0.622 e. The smallest absolute Gasteiger partial charge is 0.338 e. The summed E-state index contributed by atoms with van der Waals surface area (Å²) in [7, 11) is 0. The third-order valence-corrected chi connectivity index (χ3v) is 7.69. The Morgan fingerprint density at radius 2 is 1.69 bits per heavy atom. The number of ether oxygens (including phenoxy) is 1. The molecule has 0 N–H and O–H groups in total. The van der Waals surface area contributed by atoms with Crippen molar-refractivity contribution in [2.75, 3.05) is 0 Å². The fraction of sp³-hybridized carbons (Fsp3) is 0.690. The van der Waals surface area contributed by atoms with E-state index in [4.69, 9.17) is 4.74 Å². The Hall–Kier alpha value is -2.37. The van der Waals surface area contributed by atoms with Gasteiger partial charge in [-0.15, -0.1) is 0 Å². The van der Waals surface area contributed by atoms with Crippen LogP contribution in [-0.2, 0) is 9.53 Å². The first-order valence-electron chi connectivity index (χ1n) is 13.1. The van der Waals surface area contributed by atoms with Gasteiger partial charge >= 0.3 is 11.9 Å². The molecule has 1 aliphatic carbocycles. The predicted molar refractivity (Wildman–Crippen MR) is 139 cm³/mol. The van der Waals surface area contributed by atoms with Crippen LogP contribution in [0.25, 0.3) is 0 Å². The van der Waals surface area contributed by atoms with Crippen molar-refractivity contribution in [3.05, 3.63) is 40.6 Å². The predicted octanol–water partition coefficient (Wildman–Crippen LogP) is 6.48. The van der Waals surface area contributed by atoms with Crippen molar-refractivity contribution in [2.24, 2.45) is 16.7 Å². The molecule has 6 heteroatoms. The number of rotatable bonds is 6. The summed E-state index contributed by atoms with van der Waals surface area (Å²) in [6.07, 6.45) is 5.89. The van der Waals surface area contributed by atoms with Crippen LogP contribution >= 0.6 is 0 Å². The Labute approximate surface area is 211 Å². The van der Waals surface area contributed by atoms with Crippen LogP contribution in [0.5, 0.6) is 0 Å². The highest BCUT2D eigenvalue weighted by Gasteiger charge is 2.57. The maximum absolute atomic E-state index is 13.3. The number of hydrogen-bond donors (Lipinski definition) is 0. The SMILES string of the molecule is CC(C)OC(=O)c1ccc([C@@H](CCC(C)(C)C)N2C(=O)C=[N+]([O-])C23CCC(C(C)(C)C)CC3)cc1. The normalized spacial score (nSPS) is 24.1. The summed E-state index contributed by atoms with van der Waals surface area (Å²) in [5.74, 6) is -0.0409. The molecule has 0 unspecified atom stereocenters. The molecule has 1 atom stereocenters. The van der Waals surface area contributed by atoms with Crippen molar-refractivity contribution in [2.45, 2.75) is 112 Å². The van der Waals surface area contributed by atoms with Gasteiger partial charge in [0.2, 0.25) is 6.21 Å². The molecule has 1 aliphatic heterocycles. The van der Waals surface area contributed by atoms with Crippen molar-refractivity contribution in [3.63, 3.8) is 0 Å². The molecule has 2 aliphatic rings. The Morgan fingerprint density at radius 1 is 1.11 bits per heavy atom. The van der Waals surface area contributed by atoms with E-state index in [2.05, 4.69) is 41.5 Å². The molecule has 0 radical (unpaired) electrons. The van der Waals surface area contributed by atoms with Crippen molar-refractivity contribution >= 4 is 18.1 Å². The van der Waals surface area contributed by atoms with Crippen LogP contribution in [0.3, 0.4) is 0 Å². The van der Waals surface area contributed by atoms with E-state index in [0.29, 0.717) is 24.3 Å². The van der Waals surface area contributed by atoms with Gasteiger partial charge in [0.25, 0.3) is 5.66 Å². The van der Waals surface area contributed by atoms with E-state index in [1.807, 2.05) is 30.9 Å². The summed E-state index contributed by atoms with van der Waals surface area (Å²) in [5.41, 5.74) is 0.863. The fourth-order valence-corrected chi connectivity index (χ4v) is 5.58. The molecule has 1 saturated carbocycles. The van der Waals surface area contributed by atoms with Crippen molar-refractivity contribution < 1.29 is 19.1 Å². The first-order chi connectivity index (χ1) is 16.1. The highest BCUT2D eigenvalue weighted by atomic mass is 16.5. The van der Waals surface area contributed by atoms with Crippen LogP contribution in [0.2, 0.25) is 0 Å². The van der Waals surface area contributed by atoms with E-state index in [9.17, 15) is 14.8 Å². The molecular formula is C29H44N2O4. The van der Waals surface area contributed by atoms with Gasteiger partial charge in [0.05, 0.1) is 17.7 Å². The van der Waals surface area contributed by atoms with E-state index < -0.39 is 5.66 Å². The summed E-state index contributed by atoms with van der Waals surface area (Å²) in [4.78, 5) is 27.6. The van der Waals surface area contributed by atoms with Gasteiger partial charge in [0.15, 0.2) is 0 Å². The number of hydroxylamine groups is 1. The molecular weight excluding hydrogens is 440 g/mol. The Morgan fingerprint density at radius 3 is 2.17 bits per heavy atom. The van der Waals surface area contributed by atoms with Gasteiger partial charge in [0.1, 0.15) is 0 Å². The summed E-state index contributed by atoms with van der Waals surface area (Å²) in [6, 6.07) is 7.14. The minimum absolute atomic E-state index is 0.0833. The van der Waals surface area contributed by atoms with E-state index in [0.717, 1.165) is 36.0 Å². The van der Waals surface area contributed by atoms with E-state index in [-0.39, 0.29) is 34.9 Å². The Bertz CT molecular complexity index is 942. The Balaban J connectivity index is 1.95. The van der Waals surface area contributed by atoms with E-state index in [1.54, 1.807) is 12.1 Å². The molecule has 35 heavy (non-hydrogen) atoms. The number of nitrogens with zero attached hydrogens (tertiary/aromatic N) is 2. The average molecular weight is 485 g/mol. The second-order valence-corrected chi connectivity index (χ2v) is 13.0. The maximum atomic E-state index is 13.3. The monoisotopic (exact) mass is 484 g/mol. The standard InChI is InChI=1S/C29H44N2O4/c1-20(2)35-26(33)22-11-9-21(10-12-22)24(15-16-27(3,4)5)31-25(32)19-30(34)29(31)17-13-23(14-18-29)28(6,7)8/h9-12,19-20,23-24H,13-18H2,1-8H3/t23?,24-,29?/m1/s1. The number of hydrogen-bond acceptors (Lipinski definition) is 4. The molecule has 3 rings (SSSR count). The average Bonchev–Trinajstić information content (AvgIpc) is 2.97. The number of esters is 1. The van der Waals surface area contributed by atoms with Crippen molar-refractivity contribution in [3.8, 4) is 0 Å². The first-order valence-corrected chi connectivity index (χ1v) is 13.1. The number of carbonyl (C=O) groups excluding carboxylic acids is 2. The molecule has 1 aromatic carbocycles. The van der Waals surface area contributed by atoms with Crippen LogP contribution in [-0.4, -0.2) is 39.5 Å². The van der Waals surface area contributed by atoms with Crippen LogP contribution in [0, 0.1) is 22.0 Å². The molecule has 1 amide bonds. The molecule has 1 aromatic rings. The fourth-order valence-electron chi connectivity index (χ4n) is 5.58. The van der Waals surface area contributed by atoms with Gasteiger partial charge in [-0.1, -0.05) is 53.7 Å². The number of amides is 1. The number of carbonyl (C=O) groups is 2. The molecule has 0 aromatic heterocycles. The molecule has 0 bridgehead atoms. The lowest BCUT2D eigenvalue weighted by Crippen LogP contribution is -2.55. The van der Waals surface area contributed by atoms with E-state index in [1.165, 1.54) is 6.21 Å².